The number of nitrogens with zero attached hydrogens (tertiary/aromatic N) is 1. The third kappa shape index (κ3) is 6.51. The third-order valence-electron chi connectivity index (χ3n) is 4.59. The van der Waals surface area contributed by atoms with Crippen LogP contribution in [0.25, 0.3) is 0 Å². The largest absolute Gasteiger partial charge is 0.379 e. The number of ether oxygens (including phenoxy) is 1. The number of benzene rings is 2. The number of carbonyl (C=O) groups is 1. The Morgan fingerprint density at radius 3 is 2.52 bits per heavy atom. The van der Waals surface area contributed by atoms with Gasteiger partial charge >= 0.3 is 0 Å². The Labute approximate surface area is 201 Å². The molecule has 1 aliphatic rings. The molecule has 3 rings (SSSR count). The summed E-state index contributed by atoms with van der Waals surface area (Å²) >= 11 is 19.8. The molecule has 2 aromatic rings. The van der Waals surface area contributed by atoms with Crippen molar-refractivity contribution in [3.8, 4) is 0 Å². The lowest BCUT2D eigenvalue weighted by atomic mass is 10.2. The highest BCUT2D eigenvalue weighted by Crippen LogP contribution is 2.25. The summed E-state index contributed by atoms with van der Waals surface area (Å²) < 4.78 is 32.2. The quantitative estimate of drug-likeness (QED) is 0.521. The van der Waals surface area contributed by atoms with E-state index < -0.39 is 15.9 Å². The molecule has 1 heterocycles. The number of thioether (sulfide) groups is 1. The molecule has 11 heteroatoms. The average molecular weight is 524 g/mol. The van der Waals surface area contributed by atoms with Gasteiger partial charge in [-0.2, -0.15) is 16.1 Å². The topological polar surface area (TPSA) is 75.7 Å². The fourth-order valence-electron chi connectivity index (χ4n) is 2.93. The summed E-state index contributed by atoms with van der Waals surface area (Å²) in [6.07, 6.45) is 0. The van der Waals surface area contributed by atoms with Gasteiger partial charge in [-0.3, -0.25) is 4.79 Å². The lowest BCUT2D eigenvalue weighted by Gasteiger charge is -2.26. The maximum absolute atomic E-state index is 12.8. The number of sulfonamides is 1. The molecule has 1 aliphatic heterocycles. The van der Waals surface area contributed by atoms with Gasteiger partial charge in [-0.15, -0.1) is 0 Å². The van der Waals surface area contributed by atoms with Crippen molar-refractivity contribution < 1.29 is 17.9 Å². The smallest absolute Gasteiger partial charge is 0.252 e. The van der Waals surface area contributed by atoms with Crippen LogP contribution in [0.1, 0.15) is 15.9 Å². The Morgan fingerprint density at radius 1 is 1.06 bits per heavy atom. The number of morpholine rings is 1. The van der Waals surface area contributed by atoms with Gasteiger partial charge in [0.15, 0.2) is 0 Å². The third-order valence-corrected chi connectivity index (χ3v) is 8.41. The zero-order valence-corrected chi connectivity index (χ0v) is 20.3. The molecule has 1 amide bonds. The van der Waals surface area contributed by atoms with Crippen LogP contribution >= 0.6 is 46.6 Å². The van der Waals surface area contributed by atoms with E-state index in [1.165, 1.54) is 22.5 Å². The molecule has 1 saturated heterocycles. The van der Waals surface area contributed by atoms with E-state index in [1.807, 2.05) is 6.07 Å². The van der Waals surface area contributed by atoms with Crippen LogP contribution in [0, 0.1) is 0 Å². The van der Waals surface area contributed by atoms with Gasteiger partial charge in [0.05, 0.1) is 28.7 Å². The highest BCUT2D eigenvalue weighted by Gasteiger charge is 2.27. The van der Waals surface area contributed by atoms with Crippen LogP contribution in [-0.2, 0) is 20.5 Å². The van der Waals surface area contributed by atoms with E-state index in [9.17, 15) is 13.2 Å². The molecular weight excluding hydrogens is 503 g/mol. The number of amides is 1. The van der Waals surface area contributed by atoms with Gasteiger partial charge in [0.2, 0.25) is 10.0 Å². The van der Waals surface area contributed by atoms with Crippen LogP contribution in [0.4, 0.5) is 0 Å². The predicted molar refractivity (Wildman–Crippen MR) is 126 cm³/mol. The van der Waals surface area contributed by atoms with E-state index in [4.69, 9.17) is 39.5 Å². The van der Waals surface area contributed by atoms with Crippen molar-refractivity contribution >= 4 is 62.5 Å². The molecule has 1 fully saturated rings. The van der Waals surface area contributed by atoms with Crippen LogP contribution in [-0.4, -0.2) is 57.2 Å². The molecular formula is C20H21Cl3N2O4S2. The molecule has 2 aromatic carbocycles. The van der Waals surface area contributed by atoms with Crippen LogP contribution in [0.2, 0.25) is 15.1 Å². The highest BCUT2D eigenvalue weighted by molar-refractivity contribution is 7.98. The molecule has 0 atom stereocenters. The minimum Gasteiger partial charge on any atom is -0.379 e. The molecule has 0 aromatic heterocycles. The molecule has 0 bridgehead atoms. The SMILES string of the molecule is O=C(NCCSCc1ccc(Cl)cc1Cl)c1cc(S(=O)(=O)N2CCOCC2)ccc1Cl. The first-order valence-electron chi connectivity index (χ1n) is 9.46. The first kappa shape index (κ1) is 24.6. The average Bonchev–Trinajstić information content (AvgIpc) is 2.75. The number of hydrogen-bond acceptors (Lipinski definition) is 5. The number of carbonyl (C=O) groups excluding carboxylic acids is 1. The number of halogens is 3. The minimum atomic E-state index is -3.71. The Kier molecular flexibility index (Phi) is 8.92. The molecule has 0 radical (unpaired) electrons. The summed E-state index contributed by atoms with van der Waals surface area (Å²) in [6.45, 7) is 1.65. The van der Waals surface area contributed by atoms with Crippen LogP contribution in [0.3, 0.4) is 0 Å². The van der Waals surface area contributed by atoms with Gasteiger partial charge in [0.25, 0.3) is 5.91 Å². The zero-order chi connectivity index (χ0) is 22.4. The maximum Gasteiger partial charge on any atom is 0.252 e. The van der Waals surface area contributed by atoms with Crippen molar-refractivity contribution in [2.75, 3.05) is 38.6 Å². The van der Waals surface area contributed by atoms with Gasteiger partial charge in [-0.25, -0.2) is 8.42 Å². The second-order valence-electron chi connectivity index (χ2n) is 6.70. The lowest BCUT2D eigenvalue weighted by Crippen LogP contribution is -2.40. The van der Waals surface area contributed by atoms with Crippen molar-refractivity contribution in [3.05, 3.63) is 62.6 Å². The standard InChI is InChI=1S/C20H21Cl3N2O4S2/c21-15-2-1-14(19(23)11-15)13-30-10-5-24-20(26)17-12-16(3-4-18(17)22)31(27,28)25-6-8-29-9-7-25/h1-4,11-12H,5-10,13H2,(H,24,26). The van der Waals surface area contributed by atoms with Gasteiger partial charge in [-0.05, 0) is 35.9 Å². The van der Waals surface area contributed by atoms with Crippen LogP contribution in [0.5, 0.6) is 0 Å². The fraction of sp³-hybridized carbons (Fsp3) is 0.350. The second kappa shape index (κ2) is 11.2. The second-order valence-corrected chi connectivity index (χ2v) is 11.0. The van der Waals surface area contributed by atoms with Crippen molar-refractivity contribution in [1.29, 1.82) is 0 Å². The normalized spacial score (nSPS) is 15.1. The number of nitrogens with one attached hydrogen (secondary N) is 1. The monoisotopic (exact) mass is 522 g/mol. The Hall–Kier alpha value is -1.00. The first-order chi connectivity index (χ1) is 14.8. The molecule has 6 nitrogen and oxygen atoms in total. The van der Waals surface area contributed by atoms with E-state index in [0.29, 0.717) is 41.3 Å². The van der Waals surface area contributed by atoms with Crippen molar-refractivity contribution in [1.82, 2.24) is 9.62 Å². The summed E-state index contributed by atoms with van der Waals surface area (Å²) in [5, 5.41) is 4.16. The van der Waals surface area contributed by atoms with E-state index >= 15 is 0 Å². The molecule has 31 heavy (non-hydrogen) atoms. The molecule has 168 valence electrons. The lowest BCUT2D eigenvalue weighted by molar-refractivity contribution is 0.0730. The minimum absolute atomic E-state index is 0.0377. The van der Waals surface area contributed by atoms with E-state index in [-0.39, 0.29) is 28.6 Å². The summed E-state index contributed by atoms with van der Waals surface area (Å²) in [4.78, 5) is 12.6. The van der Waals surface area contributed by atoms with E-state index in [2.05, 4.69) is 5.32 Å². The summed E-state index contributed by atoms with van der Waals surface area (Å²) in [5.41, 5.74) is 1.09. The fourth-order valence-corrected chi connectivity index (χ4v) is 5.98. The highest BCUT2D eigenvalue weighted by atomic mass is 35.5. The predicted octanol–water partition coefficient (Wildman–Crippen LogP) is 4.33. The van der Waals surface area contributed by atoms with Crippen molar-refractivity contribution in [2.24, 2.45) is 0 Å². The Balaban J connectivity index is 1.56. The van der Waals surface area contributed by atoms with Gasteiger partial charge in [0, 0.05) is 41.2 Å². The summed E-state index contributed by atoms with van der Waals surface area (Å²) in [5.74, 6) is 0.905. The van der Waals surface area contributed by atoms with Crippen molar-refractivity contribution in [2.45, 2.75) is 10.6 Å². The molecule has 1 N–H and O–H groups in total. The summed E-state index contributed by atoms with van der Waals surface area (Å²) in [7, 11) is -3.71. The molecule has 0 aliphatic carbocycles. The van der Waals surface area contributed by atoms with Gasteiger partial charge in [-0.1, -0.05) is 40.9 Å². The van der Waals surface area contributed by atoms with Crippen molar-refractivity contribution in [3.63, 3.8) is 0 Å². The van der Waals surface area contributed by atoms with Crippen LogP contribution < -0.4 is 5.32 Å². The molecule has 0 unspecified atom stereocenters. The Bertz CT molecular complexity index is 1040. The maximum atomic E-state index is 12.8. The molecule has 0 spiro atoms. The number of hydrogen-bond donors (Lipinski definition) is 1. The Morgan fingerprint density at radius 2 is 1.81 bits per heavy atom. The number of rotatable bonds is 8. The van der Waals surface area contributed by atoms with Crippen LogP contribution in [0.15, 0.2) is 41.3 Å². The van der Waals surface area contributed by atoms with E-state index in [0.717, 1.165) is 5.56 Å². The zero-order valence-electron chi connectivity index (χ0n) is 16.4. The van der Waals surface area contributed by atoms with Gasteiger partial charge in [0.1, 0.15) is 0 Å². The van der Waals surface area contributed by atoms with Gasteiger partial charge < -0.3 is 10.1 Å². The molecule has 0 saturated carbocycles. The first-order valence-corrected chi connectivity index (χ1v) is 13.2. The van der Waals surface area contributed by atoms with E-state index in [1.54, 1.807) is 23.9 Å². The summed E-state index contributed by atoms with van der Waals surface area (Å²) in [6, 6.07) is 9.52.